The molecule has 0 N–H and O–H groups in total. The second-order valence-electron chi connectivity index (χ2n) is 2.56. The van der Waals surface area contributed by atoms with Gasteiger partial charge < -0.3 is 4.74 Å². The standard InChI is InChI=1S/C9H7BrClFO2/c1-14-9(13)5-2-6(4-10)8(12)7(11)3-5/h2-3H,4H2,1H3. The summed E-state index contributed by atoms with van der Waals surface area (Å²) in [7, 11) is 1.26. The van der Waals surface area contributed by atoms with Crippen LogP contribution < -0.4 is 0 Å². The molecular formula is C9H7BrClFO2. The minimum absolute atomic E-state index is 0.0812. The van der Waals surface area contributed by atoms with E-state index in [-0.39, 0.29) is 10.6 Å². The lowest BCUT2D eigenvalue weighted by molar-refractivity contribution is 0.0600. The van der Waals surface area contributed by atoms with E-state index in [1.165, 1.54) is 19.2 Å². The summed E-state index contributed by atoms with van der Waals surface area (Å²) in [5.41, 5.74) is 0.575. The first-order valence-electron chi connectivity index (χ1n) is 3.72. The summed E-state index contributed by atoms with van der Waals surface area (Å²) >= 11 is 8.69. The smallest absolute Gasteiger partial charge is 0.337 e. The number of carbonyl (C=O) groups is 1. The van der Waals surface area contributed by atoms with Crippen LogP contribution in [0.1, 0.15) is 15.9 Å². The van der Waals surface area contributed by atoms with Crippen LogP contribution in [0.3, 0.4) is 0 Å². The van der Waals surface area contributed by atoms with E-state index in [4.69, 9.17) is 11.6 Å². The van der Waals surface area contributed by atoms with Gasteiger partial charge in [0.25, 0.3) is 0 Å². The summed E-state index contributed by atoms with van der Waals surface area (Å²) in [6.07, 6.45) is 0. The second kappa shape index (κ2) is 4.75. The zero-order valence-corrected chi connectivity index (χ0v) is 9.65. The zero-order valence-electron chi connectivity index (χ0n) is 7.31. The van der Waals surface area contributed by atoms with E-state index < -0.39 is 11.8 Å². The van der Waals surface area contributed by atoms with Gasteiger partial charge in [0.15, 0.2) is 0 Å². The molecule has 0 unspecified atom stereocenters. The van der Waals surface area contributed by atoms with E-state index in [0.717, 1.165) is 0 Å². The maximum absolute atomic E-state index is 13.2. The van der Waals surface area contributed by atoms with Crippen LogP contribution in [0.2, 0.25) is 5.02 Å². The molecule has 0 heterocycles. The predicted molar refractivity (Wildman–Crippen MR) is 55.4 cm³/mol. The van der Waals surface area contributed by atoms with E-state index in [0.29, 0.717) is 10.9 Å². The molecule has 0 aliphatic rings. The summed E-state index contributed by atoms with van der Waals surface area (Å²) in [5, 5.41) is 0.214. The average molecular weight is 282 g/mol. The largest absolute Gasteiger partial charge is 0.465 e. The number of esters is 1. The number of hydrogen-bond donors (Lipinski definition) is 0. The van der Waals surface area contributed by atoms with Crippen molar-refractivity contribution in [3.8, 4) is 0 Å². The van der Waals surface area contributed by atoms with Crippen molar-refractivity contribution in [2.24, 2.45) is 0 Å². The number of ether oxygens (including phenoxy) is 1. The summed E-state index contributed by atoms with van der Waals surface area (Å²) in [6.45, 7) is 0. The normalized spacial score (nSPS) is 10.0. The van der Waals surface area contributed by atoms with E-state index >= 15 is 0 Å². The molecule has 0 amide bonds. The van der Waals surface area contributed by atoms with Crippen LogP contribution in [0.15, 0.2) is 12.1 Å². The molecule has 0 aromatic heterocycles. The van der Waals surface area contributed by atoms with Crippen LogP contribution in [0.4, 0.5) is 4.39 Å². The number of benzene rings is 1. The Bertz CT molecular complexity index is 368. The SMILES string of the molecule is COC(=O)c1cc(Cl)c(F)c(CBr)c1. The first kappa shape index (κ1) is 11.5. The first-order chi connectivity index (χ1) is 6.60. The third-order valence-electron chi connectivity index (χ3n) is 1.67. The van der Waals surface area contributed by atoms with Gasteiger partial charge in [0.2, 0.25) is 0 Å². The number of hydrogen-bond acceptors (Lipinski definition) is 2. The van der Waals surface area contributed by atoms with Crippen molar-refractivity contribution in [2.75, 3.05) is 7.11 Å². The highest BCUT2D eigenvalue weighted by molar-refractivity contribution is 9.08. The van der Waals surface area contributed by atoms with E-state index in [2.05, 4.69) is 20.7 Å². The highest BCUT2D eigenvalue weighted by atomic mass is 79.9. The molecule has 14 heavy (non-hydrogen) atoms. The van der Waals surface area contributed by atoms with Crippen molar-refractivity contribution < 1.29 is 13.9 Å². The van der Waals surface area contributed by atoms with Gasteiger partial charge in [-0.15, -0.1) is 0 Å². The molecule has 0 saturated heterocycles. The van der Waals surface area contributed by atoms with Gasteiger partial charge in [-0.1, -0.05) is 27.5 Å². The number of methoxy groups -OCH3 is 1. The summed E-state index contributed by atoms with van der Waals surface area (Å²) in [4.78, 5) is 11.1. The Balaban J connectivity index is 3.22. The van der Waals surface area contributed by atoms with Crippen LogP contribution in [0.5, 0.6) is 0 Å². The van der Waals surface area contributed by atoms with Gasteiger partial charge in [0, 0.05) is 10.9 Å². The van der Waals surface area contributed by atoms with Crippen LogP contribution in [0.25, 0.3) is 0 Å². The molecule has 0 aliphatic heterocycles. The lowest BCUT2D eigenvalue weighted by Crippen LogP contribution is -2.03. The minimum Gasteiger partial charge on any atom is -0.465 e. The molecule has 0 radical (unpaired) electrons. The molecule has 0 spiro atoms. The van der Waals surface area contributed by atoms with Gasteiger partial charge in [-0.3, -0.25) is 0 Å². The third-order valence-corrected chi connectivity index (χ3v) is 2.55. The summed E-state index contributed by atoms with van der Waals surface area (Å²) in [6, 6.07) is 2.65. The van der Waals surface area contributed by atoms with Crippen LogP contribution >= 0.6 is 27.5 Å². The van der Waals surface area contributed by atoms with Crippen LogP contribution in [-0.2, 0) is 10.1 Å². The molecule has 0 saturated carbocycles. The lowest BCUT2D eigenvalue weighted by atomic mass is 10.1. The second-order valence-corrected chi connectivity index (χ2v) is 3.52. The number of halogens is 3. The van der Waals surface area contributed by atoms with Crippen molar-refractivity contribution in [1.82, 2.24) is 0 Å². The quantitative estimate of drug-likeness (QED) is 0.615. The zero-order chi connectivity index (χ0) is 10.7. The molecule has 0 fully saturated rings. The first-order valence-corrected chi connectivity index (χ1v) is 5.22. The fourth-order valence-corrected chi connectivity index (χ4v) is 1.63. The van der Waals surface area contributed by atoms with E-state index in [1.807, 2.05) is 0 Å². The number of alkyl halides is 1. The topological polar surface area (TPSA) is 26.3 Å². The van der Waals surface area contributed by atoms with Gasteiger partial charge in [-0.05, 0) is 12.1 Å². The van der Waals surface area contributed by atoms with Crippen molar-refractivity contribution in [3.63, 3.8) is 0 Å². The molecule has 1 rings (SSSR count). The fraction of sp³-hybridized carbons (Fsp3) is 0.222. The molecule has 0 aliphatic carbocycles. The number of rotatable bonds is 2. The molecular weight excluding hydrogens is 274 g/mol. The maximum atomic E-state index is 13.2. The van der Waals surface area contributed by atoms with Crippen molar-refractivity contribution >= 4 is 33.5 Å². The molecule has 1 aromatic carbocycles. The predicted octanol–water partition coefficient (Wildman–Crippen LogP) is 3.16. The Morgan fingerprint density at radius 1 is 1.64 bits per heavy atom. The lowest BCUT2D eigenvalue weighted by Gasteiger charge is -2.04. The average Bonchev–Trinajstić information content (AvgIpc) is 2.20. The molecule has 0 atom stereocenters. The monoisotopic (exact) mass is 280 g/mol. The van der Waals surface area contributed by atoms with Gasteiger partial charge >= 0.3 is 5.97 Å². The minimum atomic E-state index is -0.533. The highest BCUT2D eigenvalue weighted by Crippen LogP contribution is 2.23. The fourth-order valence-electron chi connectivity index (χ4n) is 0.979. The third kappa shape index (κ3) is 2.25. The van der Waals surface area contributed by atoms with Crippen molar-refractivity contribution in [2.45, 2.75) is 5.33 Å². The van der Waals surface area contributed by atoms with E-state index in [9.17, 15) is 9.18 Å². The number of carbonyl (C=O) groups excluding carboxylic acids is 1. The molecule has 2 nitrogen and oxygen atoms in total. The van der Waals surface area contributed by atoms with Gasteiger partial charge in [-0.25, -0.2) is 9.18 Å². The Morgan fingerprint density at radius 3 is 2.79 bits per heavy atom. The Kier molecular flexibility index (Phi) is 3.89. The van der Waals surface area contributed by atoms with Crippen LogP contribution in [0, 0.1) is 5.82 Å². The highest BCUT2D eigenvalue weighted by Gasteiger charge is 2.13. The molecule has 1 aromatic rings. The molecule has 76 valence electrons. The van der Waals surface area contributed by atoms with Crippen LogP contribution in [-0.4, -0.2) is 13.1 Å². The van der Waals surface area contributed by atoms with Gasteiger partial charge in [0.1, 0.15) is 5.82 Å². The molecule has 0 bridgehead atoms. The van der Waals surface area contributed by atoms with Gasteiger partial charge in [0.05, 0.1) is 17.7 Å². The van der Waals surface area contributed by atoms with Crippen molar-refractivity contribution in [1.29, 1.82) is 0 Å². The summed E-state index contributed by atoms with van der Waals surface area (Å²) in [5.74, 6) is -1.05. The van der Waals surface area contributed by atoms with Crippen molar-refractivity contribution in [3.05, 3.63) is 34.1 Å². The Morgan fingerprint density at radius 2 is 2.29 bits per heavy atom. The summed E-state index contributed by atoms with van der Waals surface area (Å²) < 4.78 is 17.7. The maximum Gasteiger partial charge on any atom is 0.337 e. The Hall–Kier alpha value is -0.610. The van der Waals surface area contributed by atoms with E-state index in [1.54, 1.807) is 0 Å². The molecule has 5 heteroatoms. The van der Waals surface area contributed by atoms with Gasteiger partial charge in [-0.2, -0.15) is 0 Å². The Labute approximate surface area is 94.1 Å².